The molecule has 0 saturated heterocycles. The average Bonchev–Trinajstić information content (AvgIpc) is 3.12. The minimum absolute atomic E-state index is 0.514. The highest BCUT2D eigenvalue weighted by Crippen LogP contribution is 2.75. The van der Waals surface area contributed by atoms with E-state index in [-0.39, 0.29) is 0 Å². The molecule has 3 saturated carbocycles. The van der Waals surface area contributed by atoms with Crippen LogP contribution in [0.3, 0.4) is 0 Å². The van der Waals surface area contributed by atoms with E-state index >= 15 is 0 Å². The zero-order valence-electron chi connectivity index (χ0n) is 12.9. The molecule has 0 aromatic carbocycles. The van der Waals surface area contributed by atoms with Crippen molar-refractivity contribution < 1.29 is 4.74 Å². The zero-order chi connectivity index (χ0) is 13.2. The summed E-state index contributed by atoms with van der Waals surface area (Å²) in [6, 6.07) is 0. The van der Waals surface area contributed by atoms with E-state index in [4.69, 9.17) is 4.74 Å². The Morgan fingerprint density at radius 1 is 1.06 bits per heavy atom. The summed E-state index contributed by atoms with van der Waals surface area (Å²) >= 11 is 0. The van der Waals surface area contributed by atoms with Crippen LogP contribution in [0.2, 0.25) is 0 Å². The van der Waals surface area contributed by atoms with Gasteiger partial charge in [0.15, 0.2) is 0 Å². The van der Waals surface area contributed by atoms with Crippen molar-refractivity contribution in [2.75, 3.05) is 13.2 Å². The second-order valence-electron chi connectivity index (χ2n) is 8.40. The molecule has 0 heterocycles. The lowest BCUT2D eigenvalue weighted by molar-refractivity contribution is 0.0902. The van der Waals surface area contributed by atoms with Crippen molar-refractivity contribution in [1.29, 1.82) is 0 Å². The van der Waals surface area contributed by atoms with Gasteiger partial charge in [0.2, 0.25) is 0 Å². The van der Waals surface area contributed by atoms with Crippen LogP contribution >= 0.6 is 0 Å². The first-order chi connectivity index (χ1) is 8.33. The highest BCUT2D eigenvalue weighted by atomic mass is 16.5. The van der Waals surface area contributed by atoms with E-state index in [2.05, 4.69) is 34.6 Å². The fourth-order valence-corrected chi connectivity index (χ4v) is 4.81. The van der Waals surface area contributed by atoms with Gasteiger partial charge in [-0.3, -0.25) is 0 Å². The first kappa shape index (κ1) is 13.0. The van der Waals surface area contributed by atoms with E-state index < -0.39 is 0 Å². The second kappa shape index (κ2) is 3.75. The summed E-state index contributed by atoms with van der Waals surface area (Å²) in [5.74, 6) is 2.96. The van der Waals surface area contributed by atoms with Crippen LogP contribution in [-0.2, 0) is 4.74 Å². The molecule has 0 aromatic heterocycles. The molecular formula is C17H30O. The summed E-state index contributed by atoms with van der Waals surface area (Å²) in [6.07, 6.45) is 5.87. The maximum atomic E-state index is 5.66. The van der Waals surface area contributed by atoms with E-state index in [0.717, 1.165) is 31.0 Å². The van der Waals surface area contributed by atoms with E-state index in [1.807, 2.05) is 0 Å². The summed E-state index contributed by atoms with van der Waals surface area (Å²) in [5, 5.41) is 0. The van der Waals surface area contributed by atoms with Crippen LogP contribution in [-0.4, -0.2) is 13.2 Å². The third-order valence-electron chi connectivity index (χ3n) is 7.22. The molecule has 2 unspecified atom stereocenters. The molecule has 104 valence electrons. The summed E-state index contributed by atoms with van der Waals surface area (Å²) in [6.45, 7) is 14.0. The van der Waals surface area contributed by atoms with Crippen LogP contribution in [0.25, 0.3) is 0 Å². The molecule has 1 heteroatoms. The van der Waals surface area contributed by atoms with Gasteiger partial charge in [-0.2, -0.15) is 0 Å². The molecule has 3 fully saturated rings. The van der Waals surface area contributed by atoms with Crippen LogP contribution < -0.4 is 0 Å². The minimum Gasteiger partial charge on any atom is -0.381 e. The molecule has 3 aliphatic carbocycles. The Hall–Kier alpha value is -0.0400. The van der Waals surface area contributed by atoms with Crippen molar-refractivity contribution in [2.24, 2.45) is 34.0 Å². The van der Waals surface area contributed by atoms with Gasteiger partial charge in [0.1, 0.15) is 0 Å². The van der Waals surface area contributed by atoms with E-state index in [1.54, 1.807) is 0 Å². The van der Waals surface area contributed by atoms with Crippen molar-refractivity contribution >= 4 is 0 Å². The van der Waals surface area contributed by atoms with Crippen molar-refractivity contribution in [2.45, 2.75) is 60.3 Å². The molecule has 0 radical (unpaired) electrons. The van der Waals surface area contributed by atoms with Crippen LogP contribution in [0.1, 0.15) is 60.3 Å². The van der Waals surface area contributed by atoms with Gasteiger partial charge in [-0.1, -0.05) is 27.7 Å². The molecule has 5 atom stereocenters. The molecule has 3 rings (SSSR count). The first-order valence-electron chi connectivity index (χ1n) is 7.91. The van der Waals surface area contributed by atoms with Crippen LogP contribution in [0.15, 0.2) is 0 Å². The molecule has 0 N–H and O–H groups in total. The summed E-state index contributed by atoms with van der Waals surface area (Å²) < 4.78 is 5.66. The standard InChI is InChI=1S/C17H30O/c1-6-18-11-16(4)9-13(16)7-12-8-14-10-17(14,5)15(12,2)3/h12-14H,6-11H2,1-5H3/t12-,13?,14?,16-,17-/m0/s1. The molecule has 0 amide bonds. The Bertz CT molecular complexity index is 348. The number of hydrogen-bond donors (Lipinski definition) is 0. The van der Waals surface area contributed by atoms with Gasteiger partial charge in [-0.05, 0) is 66.6 Å². The first-order valence-corrected chi connectivity index (χ1v) is 7.91. The number of fused-ring (bicyclic) bond motifs is 1. The average molecular weight is 250 g/mol. The van der Waals surface area contributed by atoms with E-state index in [0.29, 0.717) is 16.2 Å². The molecular weight excluding hydrogens is 220 g/mol. The molecule has 3 aliphatic rings. The number of ether oxygens (including phenoxy) is 1. The Morgan fingerprint density at radius 2 is 1.78 bits per heavy atom. The van der Waals surface area contributed by atoms with Crippen LogP contribution in [0.4, 0.5) is 0 Å². The van der Waals surface area contributed by atoms with E-state index in [9.17, 15) is 0 Å². The van der Waals surface area contributed by atoms with Gasteiger partial charge in [-0.25, -0.2) is 0 Å². The highest BCUT2D eigenvalue weighted by Gasteiger charge is 2.68. The summed E-state index contributed by atoms with van der Waals surface area (Å²) in [4.78, 5) is 0. The minimum atomic E-state index is 0.514. The van der Waals surface area contributed by atoms with Crippen molar-refractivity contribution in [1.82, 2.24) is 0 Å². The SMILES string of the molecule is CCOC[C@]1(C)CC1C[C@H]1CC2C[C@]2(C)C1(C)C. The van der Waals surface area contributed by atoms with Gasteiger partial charge < -0.3 is 4.74 Å². The maximum Gasteiger partial charge on any atom is 0.0522 e. The highest BCUT2D eigenvalue weighted by molar-refractivity contribution is 5.16. The fraction of sp³-hybridized carbons (Fsp3) is 1.00. The largest absolute Gasteiger partial charge is 0.381 e. The Labute approximate surface area is 113 Å². The van der Waals surface area contributed by atoms with Gasteiger partial charge in [-0.15, -0.1) is 0 Å². The summed E-state index contributed by atoms with van der Waals surface area (Å²) in [7, 11) is 0. The monoisotopic (exact) mass is 250 g/mol. The third-order valence-corrected chi connectivity index (χ3v) is 7.22. The smallest absolute Gasteiger partial charge is 0.0522 e. The molecule has 0 aliphatic heterocycles. The van der Waals surface area contributed by atoms with Gasteiger partial charge in [0.05, 0.1) is 6.61 Å². The van der Waals surface area contributed by atoms with Crippen molar-refractivity contribution in [3.63, 3.8) is 0 Å². The molecule has 0 bridgehead atoms. The Morgan fingerprint density at radius 3 is 2.33 bits per heavy atom. The summed E-state index contributed by atoms with van der Waals surface area (Å²) in [5.41, 5.74) is 1.77. The molecule has 0 spiro atoms. The fourth-order valence-electron chi connectivity index (χ4n) is 4.81. The second-order valence-corrected chi connectivity index (χ2v) is 8.40. The maximum absolute atomic E-state index is 5.66. The van der Waals surface area contributed by atoms with E-state index in [1.165, 1.54) is 25.7 Å². The topological polar surface area (TPSA) is 9.23 Å². The molecule has 0 aromatic rings. The lowest BCUT2D eigenvalue weighted by Gasteiger charge is -2.36. The predicted octanol–water partition coefficient (Wildman–Crippen LogP) is 4.51. The normalized spacial score (nSPS) is 52.2. The lowest BCUT2D eigenvalue weighted by atomic mass is 9.69. The Kier molecular flexibility index (Phi) is 2.70. The molecule has 18 heavy (non-hydrogen) atoms. The molecule has 1 nitrogen and oxygen atoms in total. The number of hydrogen-bond acceptors (Lipinski definition) is 1. The lowest BCUT2D eigenvalue weighted by Crippen LogP contribution is -2.28. The van der Waals surface area contributed by atoms with Gasteiger partial charge in [0.25, 0.3) is 0 Å². The van der Waals surface area contributed by atoms with Crippen LogP contribution in [0, 0.1) is 34.0 Å². The van der Waals surface area contributed by atoms with Crippen molar-refractivity contribution in [3.8, 4) is 0 Å². The van der Waals surface area contributed by atoms with Gasteiger partial charge >= 0.3 is 0 Å². The quantitative estimate of drug-likeness (QED) is 0.697. The van der Waals surface area contributed by atoms with Gasteiger partial charge in [0, 0.05) is 6.61 Å². The Balaban J connectivity index is 1.57. The van der Waals surface area contributed by atoms with Crippen LogP contribution in [0.5, 0.6) is 0 Å². The zero-order valence-corrected chi connectivity index (χ0v) is 12.9. The predicted molar refractivity (Wildman–Crippen MR) is 75.4 cm³/mol. The van der Waals surface area contributed by atoms with Crippen molar-refractivity contribution in [3.05, 3.63) is 0 Å². The third kappa shape index (κ3) is 1.69. The number of rotatable bonds is 5.